The van der Waals surface area contributed by atoms with Crippen LogP contribution < -0.4 is 0 Å². The summed E-state index contributed by atoms with van der Waals surface area (Å²) in [5.74, 6) is 0. The van der Waals surface area contributed by atoms with E-state index >= 15 is 0 Å². The van der Waals surface area contributed by atoms with Crippen molar-refractivity contribution in [1.29, 1.82) is 0 Å². The smallest absolute Gasteiger partial charge is 0.364 e. The average Bonchev–Trinajstić information content (AvgIpc) is 2.04. The van der Waals surface area contributed by atoms with Gasteiger partial charge in [0.15, 0.2) is 0 Å². The normalized spacial score (nSPS) is 11.5. The fourth-order valence-electron chi connectivity index (χ4n) is 0.997. The first-order valence-electron chi connectivity index (χ1n) is 4.16. The van der Waals surface area contributed by atoms with E-state index in [4.69, 9.17) is 8.85 Å². The van der Waals surface area contributed by atoms with Crippen LogP contribution in [0.2, 0.25) is 6.04 Å². The van der Waals surface area contributed by atoms with Crippen LogP contribution >= 0.6 is 0 Å². The molecule has 0 aliphatic rings. The summed E-state index contributed by atoms with van der Waals surface area (Å²) >= 11 is 0. The number of hydrogen-bond donors (Lipinski definition) is 0. The van der Waals surface area contributed by atoms with Crippen molar-refractivity contribution in [3.63, 3.8) is 0 Å². The van der Waals surface area contributed by atoms with Crippen molar-refractivity contribution >= 4 is 8.56 Å². The number of rotatable bonds is 6. The van der Waals surface area contributed by atoms with Gasteiger partial charge in [-0.15, -0.1) is 6.58 Å². The monoisotopic (exact) mass is 174 g/mol. The van der Waals surface area contributed by atoms with Crippen molar-refractivity contribution in [3.8, 4) is 0 Å². The predicted molar refractivity (Wildman–Crippen MR) is 49.7 cm³/mol. The van der Waals surface area contributed by atoms with Crippen molar-refractivity contribution in [2.24, 2.45) is 0 Å². The van der Waals surface area contributed by atoms with Gasteiger partial charge in [0, 0.05) is 13.2 Å². The standard InChI is InChI=1S/C8H18O2Si/c1-5-9-11(7-3,8-4)10-6-2/h7H,3,5-6,8H2,1-2,4H3. The summed E-state index contributed by atoms with van der Waals surface area (Å²) in [6.45, 7) is 11.2. The number of hydrogen-bond acceptors (Lipinski definition) is 2. The molecule has 0 N–H and O–H groups in total. The molecule has 0 rings (SSSR count). The van der Waals surface area contributed by atoms with Gasteiger partial charge < -0.3 is 8.85 Å². The molecule has 0 saturated carbocycles. The van der Waals surface area contributed by atoms with Gasteiger partial charge in [-0.05, 0) is 25.6 Å². The maximum Gasteiger partial charge on any atom is 0.364 e. The molecule has 0 heterocycles. The Balaban J connectivity index is 4.07. The molecule has 0 aromatic carbocycles. The summed E-state index contributed by atoms with van der Waals surface area (Å²) in [5.41, 5.74) is 1.86. The molecule has 0 unspecified atom stereocenters. The Bertz CT molecular complexity index is 109. The Morgan fingerprint density at radius 2 is 1.64 bits per heavy atom. The van der Waals surface area contributed by atoms with E-state index in [9.17, 15) is 0 Å². The van der Waals surface area contributed by atoms with E-state index in [1.54, 1.807) is 0 Å². The van der Waals surface area contributed by atoms with Crippen molar-refractivity contribution in [2.45, 2.75) is 26.8 Å². The molecule has 0 bridgehead atoms. The Morgan fingerprint density at radius 1 is 1.18 bits per heavy atom. The van der Waals surface area contributed by atoms with Crippen molar-refractivity contribution in [3.05, 3.63) is 12.3 Å². The molecule has 0 aliphatic carbocycles. The lowest BCUT2D eigenvalue weighted by atomic mass is 10.9. The quantitative estimate of drug-likeness (QED) is 0.575. The Hall–Kier alpha value is -0.123. The zero-order chi connectivity index (χ0) is 8.74. The molecule has 0 amide bonds. The van der Waals surface area contributed by atoms with E-state index < -0.39 is 8.56 Å². The van der Waals surface area contributed by atoms with Crippen LogP contribution in [-0.4, -0.2) is 21.8 Å². The van der Waals surface area contributed by atoms with Gasteiger partial charge in [-0.1, -0.05) is 6.92 Å². The molecule has 0 radical (unpaired) electrons. The van der Waals surface area contributed by atoms with Crippen LogP contribution in [0.1, 0.15) is 20.8 Å². The average molecular weight is 174 g/mol. The second kappa shape index (κ2) is 5.52. The van der Waals surface area contributed by atoms with Crippen LogP contribution in [0.5, 0.6) is 0 Å². The molecule has 11 heavy (non-hydrogen) atoms. The van der Waals surface area contributed by atoms with Crippen molar-refractivity contribution < 1.29 is 8.85 Å². The minimum absolute atomic E-state index is 0.714. The third-order valence-electron chi connectivity index (χ3n) is 1.58. The van der Waals surface area contributed by atoms with E-state index in [0.29, 0.717) is 13.2 Å². The minimum atomic E-state index is -1.98. The van der Waals surface area contributed by atoms with Crippen LogP contribution in [0, 0.1) is 0 Å². The summed E-state index contributed by atoms with van der Waals surface area (Å²) in [5, 5.41) is 0. The molecule has 0 saturated heterocycles. The van der Waals surface area contributed by atoms with Gasteiger partial charge in [-0.2, -0.15) is 0 Å². The van der Waals surface area contributed by atoms with E-state index in [1.807, 2.05) is 19.5 Å². The van der Waals surface area contributed by atoms with Crippen molar-refractivity contribution in [1.82, 2.24) is 0 Å². The van der Waals surface area contributed by atoms with Gasteiger partial charge >= 0.3 is 8.56 Å². The largest absolute Gasteiger partial charge is 0.392 e. The molecule has 0 atom stereocenters. The summed E-state index contributed by atoms with van der Waals surface area (Å²) in [6.07, 6.45) is 0. The topological polar surface area (TPSA) is 18.5 Å². The maximum atomic E-state index is 5.57. The third kappa shape index (κ3) is 3.18. The molecular formula is C8H18O2Si. The zero-order valence-corrected chi connectivity index (χ0v) is 8.72. The van der Waals surface area contributed by atoms with Gasteiger partial charge in [0.05, 0.1) is 0 Å². The Kier molecular flexibility index (Phi) is 5.46. The highest BCUT2D eigenvalue weighted by Crippen LogP contribution is 2.13. The highest BCUT2D eigenvalue weighted by atomic mass is 28.4. The predicted octanol–water partition coefficient (Wildman–Crippen LogP) is 2.25. The first-order chi connectivity index (χ1) is 5.24. The molecule has 0 spiro atoms. The Labute approximate surface area is 70.5 Å². The summed E-state index contributed by atoms with van der Waals surface area (Å²) in [6, 6.07) is 0.943. The van der Waals surface area contributed by atoms with Gasteiger partial charge in [0.25, 0.3) is 0 Å². The summed E-state index contributed by atoms with van der Waals surface area (Å²) < 4.78 is 11.1. The minimum Gasteiger partial charge on any atom is -0.392 e. The van der Waals surface area contributed by atoms with Crippen LogP contribution in [0.4, 0.5) is 0 Å². The van der Waals surface area contributed by atoms with Crippen LogP contribution in [0.25, 0.3) is 0 Å². The fourth-order valence-corrected chi connectivity index (χ4v) is 2.99. The Morgan fingerprint density at radius 3 is 1.82 bits per heavy atom. The summed E-state index contributed by atoms with van der Waals surface area (Å²) in [4.78, 5) is 0. The zero-order valence-electron chi connectivity index (χ0n) is 7.72. The fraction of sp³-hybridized carbons (Fsp3) is 0.750. The molecule has 66 valence electrons. The summed E-state index contributed by atoms with van der Waals surface area (Å²) in [7, 11) is -1.98. The van der Waals surface area contributed by atoms with E-state index in [1.165, 1.54) is 0 Å². The first kappa shape index (κ1) is 10.9. The van der Waals surface area contributed by atoms with Crippen LogP contribution in [0.15, 0.2) is 12.3 Å². The molecule has 0 fully saturated rings. The van der Waals surface area contributed by atoms with Gasteiger partial charge in [0.1, 0.15) is 0 Å². The van der Waals surface area contributed by atoms with Crippen molar-refractivity contribution in [2.75, 3.05) is 13.2 Å². The van der Waals surface area contributed by atoms with Gasteiger partial charge in [0.2, 0.25) is 0 Å². The highest BCUT2D eigenvalue weighted by molar-refractivity contribution is 6.72. The third-order valence-corrected chi connectivity index (χ3v) is 4.74. The lowest BCUT2D eigenvalue weighted by Crippen LogP contribution is -2.39. The lowest BCUT2D eigenvalue weighted by Gasteiger charge is -2.24. The molecular weight excluding hydrogens is 156 g/mol. The maximum absolute atomic E-state index is 5.57. The molecule has 0 aromatic rings. The van der Waals surface area contributed by atoms with E-state index in [-0.39, 0.29) is 0 Å². The van der Waals surface area contributed by atoms with E-state index in [0.717, 1.165) is 6.04 Å². The first-order valence-corrected chi connectivity index (χ1v) is 6.26. The lowest BCUT2D eigenvalue weighted by molar-refractivity contribution is 0.195. The second-order valence-electron chi connectivity index (χ2n) is 2.24. The molecule has 0 aromatic heterocycles. The van der Waals surface area contributed by atoms with Crippen LogP contribution in [-0.2, 0) is 8.85 Å². The SMILES string of the molecule is C=C[Si](CC)(OCC)OCC. The molecule has 0 aliphatic heterocycles. The molecule has 3 heteroatoms. The molecule has 2 nitrogen and oxygen atoms in total. The van der Waals surface area contributed by atoms with Gasteiger partial charge in [-0.25, -0.2) is 0 Å². The van der Waals surface area contributed by atoms with E-state index in [2.05, 4.69) is 13.5 Å². The highest BCUT2D eigenvalue weighted by Gasteiger charge is 2.30. The van der Waals surface area contributed by atoms with Gasteiger partial charge in [-0.3, -0.25) is 0 Å². The second-order valence-corrected chi connectivity index (χ2v) is 5.55. The van der Waals surface area contributed by atoms with Crippen LogP contribution in [0.3, 0.4) is 0 Å².